The monoisotopic (exact) mass is 324 g/mol. The van der Waals surface area contributed by atoms with Crippen molar-refractivity contribution in [2.24, 2.45) is 0 Å². The predicted molar refractivity (Wildman–Crippen MR) is 93.4 cm³/mol. The van der Waals surface area contributed by atoms with Crippen molar-refractivity contribution >= 4 is 17.9 Å². The zero-order valence-corrected chi connectivity index (χ0v) is 15.3. The Balaban J connectivity index is 2.39. The fraction of sp³-hybridized carbons (Fsp3) is 0.588. The van der Waals surface area contributed by atoms with Crippen molar-refractivity contribution in [2.45, 2.75) is 57.2 Å². The lowest BCUT2D eigenvalue weighted by Gasteiger charge is -2.29. The van der Waals surface area contributed by atoms with E-state index in [4.69, 9.17) is 4.74 Å². The third-order valence-electron chi connectivity index (χ3n) is 2.89. The average Bonchev–Trinajstić information content (AvgIpc) is 2.36. The van der Waals surface area contributed by atoms with Crippen LogP contribution in [0.1, 0.15) is 40.2 Å². The Labute approximate surface area is 138 Å². The van der Waals surface area contributed by atoms with Crippen LogP contribution in [-0.2, 0) is 11.3 Å². The Morgan fingerprint density at radius 3 is 2.23 bits per heavy atom. The predicted octanol–water partition coefficient (Wildman–Crippen LogP) is 3.80. The molecule has 0 aromatic heterocycles. The highest BCUT2D eigenvalue weighted by molar-refractivity contribution is 7.98. The number of benzene rings is 1. The Morgan fingerprint density at radius 2 is 1.73 bits per heavy atom. The van der Waals surface area contributed by atoms with Crippen molar-refractivity contribution in [3.8, 4) is 0 Å². The topological polar surface area (TPSA) is 50.4 Å². The number of hydrogen-bond donors (Lipinski definition) is 2. The van der Waals surface area contributed by atoms with Gasteiger partial charge in [0.1, 0.15) is 5.60 Å². The van der Waals surface area contributed by atoms with Crippen LogP contribution in [0.3, 0.4) is 0 Å². The summed E-state index contributed by atoms with van der Waals surface area (Å²) in [5, 5.41) is 6.26. The molecular formula is C17H28N2O2S. The zero-order valence-electron chi connectivity index (χ0n) is 14.4. The normalized spacial score (nSPS) is 12.1. The van der Waals surface area contributed by atoms with Crippen LogP contribution in [0.5, 0.6) is 0 Å². The summed E-state index contributed by atoms with van der Waals surface area (Å²) >= 11 is 1.74. The Kier molecular flexibility index (Phi) is 6.75. The Bertz CT molecular complexity index is 478. The number of ether oxygens (including phenoxy) is 1. The molecule has 124 valence electrons. The number of nitrogens with one attached hydrogen (secondary N) is 2. The van der Waals surface area contributed by atoms with Crippen molar-refractivity contribution in [1.82, 2.24) is 10.6 Å². The van der Waals surface area contributed by atoms with Gasteiger partial charge in [0, 0.05) is 18.0 Å². The molecule has 1 aromatic carbocycles. The first-order chi connectivity index (χ1) is 10.1. The van der Waals surface area contributed by atoms with E-state index in [1.54, 1.807) is 11.8 Å². The summed E-state index contributed by atoms with van der Waals surface area (Å²) in [4.78, 5) is 13.1. The summed E-state index contributed by atoms with van der Waals surface area (Å²) in [5.41, 5.74) is 0.375. The number of rotatable bonds is 6. The van der Waals surface area contributed by atoms with Gasteiger partial charge in [-0.15, -0.1) is 11.8 Å². The molecule has 0 bridgehead atoms. The summed E-state index contributed by atoms with van der Waals surface area (Å²) in [7, 11) is 0. The molecule has 2 N–H and O–H groups in total. The summed E-state index contributed by atoms with van der Waals surface area (Å²) in [6.07, 6.45) is 1.68. The summed E-state index contributed by atoms with van der Waals surface area (Å²) in [6.45, 7) is 11.0. The fourth-order valence-corrected chi connectivity index (χ4v) is 2.30. The van der Waals surface area contributed by atoms with Crippen LogP contribution >= 0.6 is 11.8 Å². The van der Waals surface area contributed by atoms with Gasteiger partial charge in [-0.05, 0) is 58.6 Å². The highest BCUT2D eigenvalue weighted by Crippen LogP contribution is 2.15. The number of hydrogen-bond acceptors (Lipinski definition) is 4. The molecule has 5 heteroatoms. The second-order valence-electron chi connectivity index (χ2n) is 6.96. The van der Waals surface area contributed by atoms with Crippen LogP contribution in [0, 0.1) is 0 Å². The highest BCUT2D eigenvalue weighted by atomic mass is 32.2. The molecule has 22 heavy (non-hydrogen) atoms. The first-order valence-corrected chi connectivity index (χ1v) is 8.69. The fourth-order valence-electron chi connectivity index (χ4n) is 1.89. The van der Waals surface area contributed by atoms with Gasteiger partial charge in [-0.25, -0.2) is 4.79 Å². The molecular weight excluding hydrogens is 296 g/mol. The van der Waals surface area contributed by atoms with Crippen molar-refractivity contribution < 1.29 is 9.53 Å². The maximum absolute atomic E-state index is 11.8. The zero-order chi connectivity index (χ0) is 16.8. The molecule has 0 aliphatic heterocycles. The average molecular weight is 324 g/mol. The van der Waals surface area contributed by atoms with Crippen LogP contribution in [0.4, 0.5) is 4.79 Å². The van der Waals surface area contributed by atoms with Crippen LogP contribution < -0.4 is 10.6 Å². The molecule has 0 saturated heterocycles. The molecule has 0 atom stereocenters. The van der Waals surface area contributed by atoms with Crippen LogP contribution in [0.2, 0.25) is 0 Å². The largest absolute Gasteiger partial charge is 0.444 e. The summed E-state index contributed by atoms with van der Waals surface area (Å²) < 4.78 is 5.28. The van der Waals surface area contributed by atoms with Gasteiger partial charge in [-0.1, -0.05) is 12.1 Å². The van der Waals surface area contributed by atoms with Gasteiger partial charge in [0.2, 0.25) is 0 Å². The SMILES string of the molecule is CSc1ccc(CNCC(C)(C)NC(=O)OC(C)(C)C)cc1. The lowest BCUT2D eigenvalue weighted by atomic mass is 10.1. The van der Waals surface area contributed by atoms with Gasteiger partial charge in [-0.3, -0.25) is 0 Å². The van der Waals surface area contributed by atoms with Gasteiger partial charge >= 0.3 is 6.09 Å². The van der Waals surface area contributed by atoms with Crippen molar-refractivity contribution in [3.05, 3.63) is 29.8 Å². The lowest BCUT2D eigenvalue weighted by molar-refractivity contribution is 0.0472. The minimum atomic E-state index is -0.480. The Hall–Kier alpha value is -1.20. The third kappa shape index (κ3) is 7.71. The number of thioether (sulfide) groups is 1. The van der Waals surface area contributed by atoms with Crippen LogP contribution in [-0.4, -0.2) is 30.0 Å². The van der Waals surface area contributed by atoms with Crippen molar-refractivity contribution in [2.75, 3.05) is 12.8 Å². The number of alkyl carbamates (subject to hydrolysis) is 1. The van der Waals surface area contributed by atoms with Crippen LogP contribution in [0.15, 0.2) is 29.2 Å². The standard InChI is InChI=1S/C17H28N2O2S/c1-16(2,3)21-15(20)19-17(4,5)12-18-11-13-7-9-14(22-6)10-8-13/h7-10,18H,11-12H2,1-6H3,(H,19,20). The molecule has 0 spiro atoms. The molecule has 1 amide bonds. The van der Waals surface area contributed by atoms with E-state index in [1.807, 2.05) is 34.6 Å². The summed E-state index contributed by atoms with van der Waals surface area (Å²) in [5.74, 6) is 0. The van der Waals surface area contributed by atoms with E-state index in [2.05, 4.69) is 41.2 Å². The minimum absolute atomic E-state index is 0.373. The van der Waals surface area contributed by atoms with Crippen molar-refractivity contribution in [1.29, 1.82) is 0 Å². The molecule has 0 fully saturated rings. The second-order valence-corrected chi connectivity index (χ2v) is 7.84. The molecule has 0 aliphatic carbocycles. The maximum Gasteiger partial charge on any atom is 0.408 e. The quantitative estimate of drug-likeness (QED) is 0.782. The van der Waals surface area contributed by atoms with Crippen LogP contribution in [0.25, 0.3) is 0 Å². The van der Waals surface area contributed by atoms with Gasteiger partial charge < -0.3 is 15.4 Å². The molecule has 1 rings (SSSR count). The molecule has 1 aromatic rings. The molecule has 0 heterocycles. The van der Waals surface area contributed by atoms with E-state index in [-0.39, 0.29) is 11.6 Å². The minimum Gasteiger partial charge on any atom is -0.444 e. The molecule has 0 unspecified atom stereocenters. The second kappa shape index (κ2) is 7.88. The van der Waals surface area contributed by atoms with Gasteiger partial charge in [-0.2, -0.15) is 0 Å². The Morgan fingerprint density at radius 1 is 1.14 bits per heavy atom. The number of carbonyl (C=O) groups excluding carboxylic acids is 1. The smallest absolute Gasteiger partial charge is 0.408 e. The van der Waals surface area contributed by atoms with E-state index in [9.17, 15) is 4.79 Å². The lowest BCUT2D eigenvalue weighted by Crippen LogP contribution is -2.51. The van der Waals surface area contributed by atoms with E-state index < -0.39 is 5.60 Å². The van der Waals surface area contributed by atoms with Gasteiger partial charge in [0.15, 0.2) is 0 Å². The molecule has 0 radical (unpaired) electrons. The molecule has 0 aliphatic rings. The van der Waals surface area contributed by atoms with Gasteiger partial charge in [0.25, 0.3) is 0 Å². The first-order valence-electron chi connectivity index (χ1n) is 7.46. The van der Waals surface area contributed by atoms with E-state index in [0.717, 1.165) is 6.54 Å². The molecule has 0 saturated carbocycles. The van der Waals surface area contributed by atoms with E-state index in [1.165, 1.54) is 10.5 Å². The van der Waals surface area contributed by atoms with Crippen molar-refractivity contribution in [3.63, 3.8) is 0 Å². The first kappa shape index (κ1) is 18.8. The number of carbonyl (C=O) groups is 1. The highest BCUT2D eigenvalue weighted by Gasteiger charge is 2.24. The summed E-state index contributed by atoms with van der Waals surface area (Å²) in [6, 6.07) is 8.47. The number of amides is 1. The van der Waals surface area contributed by atoms with E-state index in [0.29, 0.717) is 6.54 Å². The molecule has 4 nitrogen and oxygen atoms in total. The van der Waals surface area contributed by atoms with E-state index >= 15 is 0 Å². The van der Waals surface area contributed by atoms with Gasteiger partial charge in [0.05, 0.1) is 5.54 Å². The maximum atomic E-state index is 11.8. The third-order valence-corrected chi connectivity index (χ3v) is 3.64.